The predicted octanol–water partition coefficient (Wildman–Crippen LogP) is 3.01. The van der Waals surface area contributed by atoms with Crippen LogP contribution in [0.1, 0.15) is 22.7 Å². The lowest BCUT2D eigenvalue weighted by Crippen LogP contribution is -2.33. The van der Waals surface area contributed by atoms with E-state index in [1.807, 2.05) is 6.07 Å². The van der Waals surface area contributed by atoms with Crippen LogP contribution in [0.15, 0.2) is 30.3 Å². The van der Waals surface area contributed by atoms with Crippen LogP contribution in [0.4, 0.5) is 0 Å². The number of fused-ring (bicyclic) bond motifs is 1. The third-order valence-corrected chi connectivity index (χ3v) is 4.53. The van der Waals surface area contributed by atoms with Crippen LogP contribution in [0.5, 0.6) is 23.0 Å². The van der Waals surface area contributed by atoms with Gasteiger partial charge in [-0.15, -0.1) is 12.4 Å². The normalized spacial score (nSPS) is 17.0. The average Bonchev–Trinajstić information content (AvgIpc) is 2.53. The van der Waals surface area contributed by atoms with Crippen molar-refractivity contribution in [1.82, 2.24) is 4.90 Å². The molecule has 1 aliphatic rings. The number of phenolic OH excluding ortho intramolecular Hbond substituents is 3. The Bertz CT molecular complexity index is 735. The van der Waals surface area contributed by atoms with Crippen LogP contribution in [0, 0.1) is 0 Å². The first-order chi connectivity index (χ1) is 11.0. The molecule has 0 aromatic heterocycles. The molecule has 6 heteroatoms. The van der Waals surface area contributed by atoms with Gasteiger partial charge in [-0.3, -0.25) is 4.90 Å². The summed E-state index contributed by atoms with van der Waals surface area (Å²) in [6.45, 7) is 0.912. The Morgan fingerprint density at radius 2 is 1.83 bits per heavy atom. The van der Waals surface area contributed by atoms with Crippen molar-refractivity contribution in [3.8, 4) is 23.0 Å². The highest BCUT2D eigenvalue weighted by molar-refractivity contribution is 5.85. The van der Waals surface area contributed by atoms with Crippen LogP contribution in [0.2, 0.25) is 0 Å². The maximum absolute atomic E-state index is 10.1. The summed E-state index contributed by atoms with van der Waals surface area (Å²) < 4.78 is 5.20. The van der Waals surface area contributed by atoms with Gasteiger partial charge in [-0.25, -0.2) is 0 Å². The molecular formula is C18H22ClNO4. The average molecular weight is 352 g/mol. The lowest BCUT2D eigenvalue weighted by molar-refractivity contribution is 0.228. The summed E-state index contributed by atoms with van der Waals surface area (Å²) in [5.74, 6) is 0.404. The monoisotopic (exact) mass is 351 g/mol. The summed E-state index contributed by atoms with van der Waals surface area (Å²) in [5.41, 5.74) is 3.18. The fourth-order valence-corrected chi connectivity index (χ4v) is 3.19. The van der Waals surface area contributed by atoms with Gasteiger partial charge in [-0.1, -0.05) is 6.07 Å². The summed E-state index contributed by atoms with van der Waals surface area (Å²) in [4.78, 5) is 2.23. The molecule has 5 nitrogen and oxygen atoms in total. The lowest BCUT2D eigenvalue weighted by atomic mass is 9.88. The quantitative estimate of drug-likeness (QED) is 0.741. The first-order valence-corrected chi connectivity index (χ1v) is 7.60. The second kappa shape index (κ2) is 7.20. The molecule has 0 saturated carbocycles. The number of likely N-dealkylation sites (N-methyl/N-ethyl adjacent to an activating group) is 1. The van der Waals surface area contributed by atoms with Crippen molar-refractivity contribution in [2.45, 2.75) is 18.9 Å². The van der Waals surface area contributed by atoms with Crippen molar-refractivity contribution in [2.75, 3.05) is 20.7 Å². The third kappa shape index (κ3) is 3.37. The van der Waals surface area contributed by atoms with Crippen LogP contribution < -0.4 is 4.74 Å². The molecule has 0 fully saturated rings. The number of phenols is 3. The Labute approximate surface area is 147 Å². The van der Waals surface area contributed by atoms with Gasteiger partial charge in [0, 0.05) is 12.6 Å². The zero-order valence-corrected chi connectivity index (χ0v) is 14.5. The number of aromatic hydroxyl groups is 3. The fraction of sp³-hybridized carbons (Fsp3) is 0.333. The molecule has 1 unspecified atom stereocenters. The van der Waals surface area contributed by atoms with Gasteiger partial charge in [-0.05, 0) is 60.8 Å². The summed E-state index contributed by atoms with van der Waals surface area (Å²) in [5, 5.41) is 29.2. The standard InChI is InChI=1S/C18H21NO4.ClH/c1-19-6-5-12-9-18(23-2)17(22)10-13(12)14(19)7-11-3-4-15(20)16(21)8-11;/h3-4,8-10,14,20-22H,5-7H2,1-2H3;1H. The molecule has 1 aliphatic heterocycles. The maximum Gasteiger partial charge on any atom is 0.160 e. The van der Waals surface area contributed by atoms with Crippen molar-refractivity contribution in [2.24, 2.45) is 0 Å². The minimum absolute atomic E-state index is 0. The van der Waals surface area contributed by atoms with Gasteiger partial charge < -0.3 is 20.1 Å². The fourth-order valence-electron chi connectivity index (χ4n) is 3.19. The number of hydrogen-bond donors (Lipinski definition) is 3. The van der Waals surface area contributed by atoms with E-state index in [1.165, 1.54) is 11.6 Å². The van der Waals surface area contributed by atoms with E-state index in [4.69, 9.17) is 4.74 Å². The SMILES string of the molecule is COc1cc2c(cc1O)C(Cc1ccc(O)c(O)c1)N(C)CC2.Cl. The molecule has 0 amide bonds. The third-order valence-electron chi connectivity index (χ3n) is 4.53. The second-order valence-electron chi connectivity index (χ2n) is 6.00. The van der Waals surface area contributed by atoms with Gasteiger partial charge >= 0.3 is 0 Å². The van der Waals surface area contributed by atoms with E-state index in [1.54, 1.807) is 25.3 Å². The summed E-state index contributed by atoms with van der Waals surface area (Å²) in [6.07, 6.45) is 1.59. The number of methoxy groups -OCH3 is 1. The Balaban J connectivity index is 0.00000208. The van der Waals surface area contributed by atoms with Gasteiger partial charge in [0.2, 0.25) is 0 Å². The summed E-state index contributed by atoms with van der Waals surface area (Å²) in [7, 11) is 3.60. The summed E-state index contributed by atoms with van der Waals surface area (Å²) >= 11 is 0. The number of nitrogens with zero attached hydrogens (tertiary/aromatic N) is 1. The van der Waals surface area contributed by atoms with Crippen molar-refractivity contribution in [3.63, 3.8) is 0 Å². The van der Waals surface area contributed by atoms with Gasteiger partial charge in [0.1, 0.15) is 0 Å². The maximum atomic E-state index is 10.1. The van der Waals surface area contributed by atoms with E-state index in [-0.39, 0.29) is 35.7 Å². The molecule has 0 saturated heterocycles. The number of rotatable bonds is 3. The predicted molar refractivity (Wildman–Crippen MR) is 94.5 cm³/mol. The molecule has 3 N–H and O–H groups in total. The van der Waals surface area contributed by atoms with Crippen LogP contribution >= 0.6 is 12.4 Å². The molecular weight excluding hydrogens is 330 g/mol. The Hall–Kier alpha value is -2.11. The number of hydrogen-bond acceptors (Lipinski definition) is 5. The van der Waals surface area contributed by atoms with Crippen molar-refractivity contribution >= 4 is 12.4 Å². The Kier molecular flexibility index (Phi) is 5.47. The Morgan fingerprint density at radius 1 is 1.08 bits per heavy atom. The van der Waals surface area contributed by atoms with Gasteiger partial charge in [0.05, 0.1) is 7.11 Å². The van der Waals surface area contributed by atoms with Gasteiger partial charge in [0.25, 0.3) is 0 Å². The highest BCUT2D eigenvalue weighted by Crippen LogP contribution is 2.39. The molecule has 0 bridgehead atoms. The molecule has 130 valence electrons. The van der Waals surface area contributed by atoms with Crippen molar-refractivity contribution in [3.05, 3.63) is 47.0 Å². The van der Waals surface area contributed by atoms with Crippen LogP contribution in [0.25, 0.3) is 0 Å². The molecule has 1 heterocycles. The first kappa shape index (κ1) is 18.2. The zero-order chi connectivity index (χ0) is 16.6. The van der Waals surface area contributed by atoms with Crippen LogP contribution in [-0.4, -0.2) is 40.9 Å². The number of ether oxygens (including phenoxy) is 1. The molecule has 2 aromatic carbocycles. The number of benzene rings is 2. The van der Waals surface area contributed by atoms with Gasteiger partial charge in [-0.2, -0.15) is 0 Å². The highest BCUT2D eigenvalue weighted by atomic mass is 35.5. The van der Waals surface area contributed by atoms with Gasteiger partial charge in [0.15, 0.2) is 23.0 Å². The van der Waals surface area contributed by atoms with E-state index in [0.717, 1.165) is 24.1 Å². The van der Waals surface area contributed by atoms with E-state index >= 15 is 0 Å². The molecule has 0 spiro atoms. The minimum atomic E-state index is -0.117. The second-order valence-corrected chi connectivity index (χ2v) is 6.00. The largest absolute Gasteiger partial charge is 0.504 e. The molecule has 3 rings (SSSR count). The van der Waals surface area contributed by atoms with E-state index in [9.17, 15) is 15.3 Å². The first-order valence-electron chi connectivity index (χ1n) is 7.60. The number of halogens is 1. The van der Waals surface area contributed by atoms with E-state index in [2.05, 4.69) is 11.9 Å². The van der Waals surface area contributed by atoms with Crippen LogP contribution in [-0.2, 0) is 12.8 Å². The lowest BCUT2D eigenvalue weighted by Gasteiger charge is -2.35. The van der Waals surface area contributed by atoms with Crippen molar-refractivity contribution in [1.29, 1.82) is 0 Å². The van der Waals surface area contributed by atoms with Crippen LogP contribution in [0.3, 0.4) is 0 Å². The highest BCUT2D eigenvalue weighted by Gasteiger charge is 2.26. The molecule has 2 aromatic rings. The molecule has 0 radical (unpaired) electrons. The minimum Gasteiger partial charge on any atom is -0.504 e. The summed E-state index contributed by atoms with van der Waals surface area (Å²) in [6, 6.07) is 8.66. The Morgan fingerprint density at radius 3 is 2.50 bits per heavy atom. The topological polar surface area (TPSA) is 73.2 Å². The molecule has 0 aliphatic carbocycles. The zero-order valence-electron chi connectivity index (χ0n) is 13.7. The smallest absolute Gasteiger partial charge is 0.160 e. The van der Waals surface area contributed by atoms with Crippen molar-refractivity contribution < 1.29 is 20.1 Å². The molecule has 24 heavy (non-hydrogen) atoms. The molecule has 1 atom stereocenters. The van der Waals surface area contributed by atoms with E-state index in [0.29, 0.717) is 12.2 Å². The van der Waals surface area contributed by atoms with E-state index < -0.39 is 0 Å².